The fourth-order valence-corrected chi connectivity index (χ4v) is 3.01. The molecular formula is C16H17ClN6. The van der Waals surface area contributed by atoms with Crippen molar-refractivity contribution in [2.24, 2.45) is 0 Å². The zero-order valence-corrected chi connectivity index (χ0v) is 13.4. The summed E-state index contributed by atoms with van der Waals surface area (Å²) < 4.78 is 1.81. The second kappa shape index (κ2) is 6.14. The Hall–Kier alpha value is -2.18. The molecule has 23 heavy (non-hydrogen) atoms. The zero-order chi connectivity index (χ0) is 15.6. The number of fused-ring (bicyclic) bond motifs is 1. The normalized spacial score (nSPS) is 15.8. The SMILES string of the molecule is Clc1cc2c(cn1)cnn2-c1cccc(N2CCCNCC2)n1. The van der Waals surface area contributed by atoms with Crippen molar-refractivity contribution < 1.29 is 0 Å². The van der Waals surface area contributed by atoms with Gasteiger partial charge in [-0.1, -0.05) is 17.7 Å². The number of pyridine rings is 2. The number of nitrogens with one attached hydrogen (secondary N) is 1. The molecule has 1 saturated heterocycles. The van der Waals surface area contributed by atoms with Crippen molar-refractivity contribution in [2.75, 3.05) is 31.1 Å². The van der Waals surface area contributed by atoms with Gasteiger partial charge in [0, 0.05) is 37.3 Å². The largest absolute Gasteiger partial charge is 0.355 e. The van der Waals surface area contributed by atoms with Crippen LogP contribution in [0.15, 0.2) is 36.7 Å². The predicted octanol–water partition coefficient (Wildman–Crippen LogP) is 2.27. The van der Waals surface area contributed by atoms with E-state index < -0.39 is 0 Å². The minimum atomic E-state index is 0.453. The van der Waals surface area contributed by atoms with Crippen LogP contribution in [0.3, 0.4) is 0 Å². The molecule has 3 aromatic heterocycles. The van der Waals surface area contributed by atoms with Crippen molar-refractivity contribution in [1.29, 1.82) is 0 Å². The van der Waals surface area contributed by atoms with E-state index in [4.69, 9.17) is 16.6 Å². The highest BCUT2D eigenvalue weighted by atomic mass is 35.5. The van der Waals surface area contributed by atoms with E-state index in [1.54, 1.807) is 12.4 Å². The molecule has 1 N–H and O–H groups in total. The molecular weight excluding hydrogens is 312 g/mol. The fraction of sp³-hybridized carbons (Fsp3) is 0.312. The Kier molecular flexibility index (Phi) is 3.85. The Balaban J connectivity index is 1.73. The van der Waals surface area contributed by atoms with Gasteiger partial charge in [0.2, 0.25) is 0 Å². The summed E-state index contributed by atoms with van der Waals surface area (Å²) >= 11 is 6.02. The van der Waals surface area contributed by atoms with E-state index in [0.717, 1.165) is 55.1 Å². The number of aromatic nitrogens is 4. The third kappa shape index (κ3) is 2.87. The van der Waals surface area contributed by atoms with Gasteiger partial charge < -0.3 is 10.2 Å². The summed E-state index contributed by atoms with van der Waals surface area (Å²) in [6.07, 6.45) is 4.63. The summed E-state index contributed by atoms with van der Waals surface area (Å²) in [5, 5.41) is 9.24. The summed E-state index contributed by atoms with van der Waals surface area (Å²) in [5.74, 6) is 1.77. The molecule has 0 atom stereocenters. The average molecular weight is 329 g/mol. The Morgan fingerprint density at radius 1 is 1.09 bits per heavy atom. The second-order valence-electron chi connectivity index (χ2n) is 5.57. The van der Waals surface area contributed by atoms with Gasteiger partial charge in [0.15, 0.2) is 5.82 Å². The number of hydrogen-bond acceptors (Lipinski definition) is 5. The number of hydrogen-bond donors (Lipinski definition) is 1. The molecule has 0 aromatic carbocycles. The Morgan fingerprint density at radius 3 is 2.96 bits per heavy atom. The van der Waals surface area contributed by atoms with Gasteiger partial charge in [0.1, 0.15) is 11.0 Å². The standard InChI is InChI=1S/C16H17ClN6/c17-14-9-13-12(10-19-14)11-20-23(13)16-4-1-3-15(21-16)22-7-2-5-18-6-8-22/h1,3-4,9-11,18H,2,5-8H2. The summed E-state index contributed by atoms with van der Waals surface area (Å²) in [7, 11) is 0. The lowest BCUT2D eigenvalue weighted by molar-refractivity contribution is 0.724. The molecule has 0 aliphatic carbocycles. The molecule has 0 bridgehead atoms. The summed E-state index contributed by atoms with van der Waals surface area (Å²) in [5.41, 5.74) is 0.909. The molecule has 6 nitrogen and oxygen atoms in total. The third-order valence-corrected chi connectivity index (χ3v) is 4.23. The maximum absolute atomic E-state index is 6.02. The Morgan fingerprint density at radius 2 is 2.00 bits per heavy atom. The van der Waals surface area contributed by atoms with E-state index in [0.29, 0.717) is 5.15 Å². The highest BCUT2D eigenvalue weighted by molar-refractivity contribution is 6.30. The van der Waals surface area contributed by atoms with Crippen molar-refractivity contribution in [3.8, 4) is 5.82 Å². The van der Waals surface area contributed by atoms with E-state index in [-0.39, 0.29) is 0 Å². The van der Waals surface area contributed by atoms with Gasteiger partial charge in [-0.25, -0.2) is 14.6 Å². The summed E-state index contributed by atoms with van der Waals surface area (Å²) in [4.78, 5) is 11.2. The molecule has 4 rings (SSSR count). The predicted molar refractivity (Wildman–Crippen MR) is 91.4 cm³/mol. The van der Waals surface area contributed by atoms with E-state index in [1.165, 1.54) is 0 Å². The molecule has 3 aromatic rings. The molecule has 0 spiro atoms. The van der Waals surface area contributed by atoms with E-state index in [9.17, 15) is 0 Å². The zero-order valence-electron chi connectivity index (χ0n) is 12.6. The van der Waals surface area contributed by atoms with E-state index >= 15 is 0 Å². The Bertz CT molecular complexity index is 822. The first-order valence-electron chi connectivity index (χ1n) is 7.74. The van der Waals surface area contributed by atoms with Crippen LogP contribution in [0.25, 0.3) is 16.7 Å². The maximum Gasteiger partial charge on any atom is 0.156 e. The van der Waals surface area contributed by atoms with Gasteiger partial charge in [-0.2, -0.15) is 5.10 Å². The summed E-state index contributed by atoms with van der Waals surface area (Å²) in [6.45, 7) is 4.02. The van der Waals surface area contributed by atoms with Crippen molar-refractivity contribution >= 4 is 28.3 Å². The minimum absolute atomic E-state index is 0.453. The van der Waals surface area contributed by atoms with Crippen LogP contribution in [-0.2, 0) is 0 Å². The van der Waals surface area contributed by atoms with Crippen molar-refractivity contribution in [3.63, 3.8) is 0 Å². The van der Waals surface area contributed by atoms with Crippen LogP contribution in [0.1, 0.15) is 6.42 Å². The number of anilines is 1. The van der Waals surface area contributed by atoms with Crippen LogP contribution in [0.4, 0.5) is 5.82 Å². The van der Waals surface area contributed by atoms with Crippen LogP contribution >= 0.6 is 11.6 Å². The van der Waals surface area contributed by atoms with Crippen LogP contribution in [-0.4, -0.2) is 45.9 Å². The van der Waals surface area contributed by atoms with Crippen molar-refractivity contribution in [3.05, 3.63) is 41.8 Å². The number of rotatable bonds is 2. The first-order chi connectivity index (χ1) is 11.3. The molecule has 4 heterocycles. The van der Waals surface area contributed by atoms with Gasteiger partial charge in [0.25, 0.3) is 0 Å². The van der Waals surface area contributed by atoms with Gasteiger partial charge in [0.05, 0.1) is 11.7 Å². The topological polar surface area (TPSA) is 58.9 Å². The van der Waals surface area contributed by atoms with Gasteiger partial charge in [-0.3, -0.25) is 0 Å². The lowest BCUT2D eigenvalue weighted by Gasteiger charge is -2.21. The molecule has 1 aliphatic heterocycles. The van der Waals surface area contributed by atoms with E-state index in [1.807, 2.05) is 22.9 Å². The quantitative estimate of drug-likeness (QED) is 0.731. The van der Waals surface area contributed by atoms with Crippen LogP contribution in [0.2, 0.25) is 5.15 Å². The number of halogens is 1. The highest BCUT2D eigenvalue weighted by Crippen LogP contribution is 2.21. The second-order valence-corrected chi connectivity index (χ2v) is 5.95. The van der Waals surface area contributed by atoms with Crippen LogP contribution < -0.4 is 10.2 Å². The first kappa shape index (κ1) is 14.4. The fourth-order valence-electron chi connectivity index (χ4n) is 2.86. The molecule has 1 fully saturated rings. The van der Waals surface area contributed by atoms with Crippen LogP contribution in [0, 0.1) is 0 Å². The molecule has 0 unspecified atom stereocenters. The molecule has 1 aliphatic rings. The van der Waals surface area contributed by atoms with E-state index in [2.05, 4.69) is 26.4 Å². The molecule has 118 valence electrons. The molecule has 0 amide bonds. The van der Waals surface area contributed by atoms with Crippen molar-refractivity contribution in [1.82, 2.24) is 25.1 Å². The van der Waals surface area contributed by atoms with Gasteiger partial charge in [-0.05, 0) is 25.1 Å². The summed E-state index contributed by atoms with van der Waals surface area (Å²) in [6, 6.07) is 7.84. The number of nitrogens with zero attached hydrogens (tertiary/aromatic N) is 5. The highest BCUT2D eigenvalue weighted by Gasteiger charge is 2.13. The van der Waals surface area contributed by atoms with Crippen LogP contribution in [0.5, 0.6) is 0 Å². The Labute approximate surface area is 139 Å². The molecule has 0 saturated carbocycles. The average Bonchev–Trinajstić information content (AvgIpc) is 2.80. The minimum Gasteiger partial charge on any atom is -0.355 e. The molecule has 7 heteroatoms. The van der Waals surface area contributed by atoms with Crippen molar-refractivity contribution in [2.45, 2.75) is 6.42 Å². The molecule has 0 radical (unpaired) electrons. The van der Waals surface area contributed by atoms with Gasteiger partial charge >= 0.3 is 0 Å². The van der Waals surface area contributed by atoms with Gasteiger partial charge in [-0.15, -0.1) is 0 Å². The monoisotopic (exact) mass is 328 g/mol. The lowest BCUT2D eigenvalue weighted by atomic mass is 10.3. The smallest absolute Gasteiger partial charge is 0.156 e. The maximum atomic E-state index is 6.02. The third-order valence-electron chi connectivity index (χ3n) is 4.02. The lowest BCUT2D eigenvalue weighted by Crippen LogP contribution is -2.28. The first-order valence-corrected chi connectivity index (χ1v) is 8.11.